The van der Waals surface area contributed by atoms with Crippen LogP contribution in [-0.2, 0) is 9.53 Å². The Bertz CT molecular complexity index is 998. The molecule has 1 aliphatic heterocycles. The zero-order chi connectivity index (χ0) is 22.4. The molecular weight excluding hydrogens is 422 g/mol. The third kappa shape index (κ3) is 5.06. The molecular formula is C23H22ClNO6. The van der Waals surface area contributed by atoms with E-state index in [2.05, 4.69) is 0 Å². The van der Waals surface area contributed by atoms with E-state index >= 15 is 0 Å². The lowest BCUT2D eigenvalue weighted by Gasteiger charge is -2.13. The standard InChI is InChI=1S/C23H22ClNO6/c1-29-19-14-15(13-18(24)21(19)30-2)9-10-20(26)31-12-6-5-11-25-22(27)16-7-3-4-8-17(16)23(25)28/h3-4,7-10,13-14H,5-6,11-12H2,1-2H3/b10-9+. The topological polar surface area (TPSA) is 82.1 Å². The molecule has 2 amide bonds. The van der Waals surface area contributed by atoms with Gasteiger partial charge >= 0.3 is 5.97 Å². The highest BCUT2D eigenvalue weighted by Crippen LogP contribution is 2.36. The first-order valence-electron chi connectivity index (χ1n) is 9.68. The predicted octanol–water partition coefficient (Wildman–Crippen LogP) is 3.99. The monoisotopic (exact) mass is 443 g/mol. The van der Waals surface area contributed by atoms with E-state index in [0.717, 1.165) is 0 Å². The van der Waals surface area contributed by atoms with Crippen molar-refractivity contribution in [3.63, 3.8) is 0 Å². The van der Waals surface area contributed by atoms with Crippen molar-refractivity contribution < 1.29 is 28.6 Å². The van der Waals surface area contributed by atoms with Gasteiger partial charge in [0, 0.05) is 12.6 Å². The first-order chi connectivity index (χ1) is 15.0. The van der Waals surface area contributed by atoms with Gasteiger partial charge < -0.3 is 14.2 Å². The lowest BCUT2D eigenvalue weighted by molar-refractivity contribution is -0.137. The number of fused-ring (bicyclic) bond motifs is 1. The average Bonchev–Trinajstić information content (AvgIpc) is 3.02. The lowest BCUT2D eigenvalue weighted by Crippen LogP contribution is -2.30. The van der Waals surface area contributed by atoms with Crippen molar-refractivity contribution in [2.24, 2.45) is 0 Å². The van der Waals surface area contributed by atoms with Crippen LogP contribution in [0.2, 0.25) is 5.02 Å². The number of nitrogens with zero attached hydrogens (tertiary/aromatic N) is 1. The number of hydrogen-bond acceptors (Lipinski definition) is 6. The molecule has 1 heterocycles. The summed E-state index contributed by atoms with van der Waals surface area (Å²) in [6.07, 6.45) is 3.92. The largest absolute Gasteiger partial charge is 0.493 e. The Balaban J connectivity index is 1.44. The predicted molar refractivity (Wildman–Crippen MR) is 116 cm³/mol. The summed E-state index contributed by atoms with van der Waals surface area (Å²) in [5, 5.41) is 0.364. The van der Waals surface area contributed by atoms with Crippen LogP contribution in [0.15, 0.2) is 42.5 Å². The van der Waals surface area contributed by atoms with E-state index in [9.17, 15) is 14.4 Å². The summed E-state index contributed by atoms with van der Waals surface area (Å²) < 4.78 is 15.6. The van der Waals surface area contributed by atoms with Crippen molar-refractivity contribution in [3.05, 3.63) is 64.2 Å². The van der Waals surface area contributed by atoms with Crippen LogP contribution in [-0.4, -0.2) is 50.1 Å². The molecule has 0 atom stereocenters. The Morgan fingerprint density at radius 1 is 1.03 bits per heavy atom. The van der Waals surface area contributed by atoms with Crippen molar-refractivity contribution in [2.45, 2.75) is 12.8 Å². The number of methoxy groups -OCH3 is 2. The first kappa shape index (κ1) is 22.4. The molecule has 7 nitrogen and oxygen atoms in total. The van der Waals surface area contributed by atoms with Crippen molar-refractivity contribution >= 4 is 35.5 Å². The van der Waals surface area contributed by atoms with Gasteiger partial charge in [0.25, 0.3) is 11.8 Å². The molecule has 0 radical (unpaired) electrons. The molecule has 8 heteroatoms. The normalized spacial score (nSPS) is 12.9. The van der Waals surface area contributed by atoms with Crippen LogP contribution in [0.1, 0.15) is 39.1 Å². The molecule has 2 aromatic carbocycles. The van der Waals surface area contributed by atoms with Crippen LogP contribution in [0, 0.1) is 0 Å². The number of benzene rings is 2. The van der Waals surface area contributed by atoms with Crippen molar-refractivity contribution in [1.29, 1.82) is 0 Å². The lowest BCUT2D eigenvalue weighted by atomic mass is 10.1. The average molecular weight is 444 g/mol. The van der Waals surface area contributed by atoms with Crippen molar-refractivity contribution in [3.8, 4) is 11.5 Å². The van der Waals surface area contributed by atoms with Gasteiger partial charge in [-0.25, -0.2) is 4.79 Å². The molecule has 0 N–H and O–H groups in total. The van der Waals surface area contributed by atoms with Gasteiger partial charge in [-0.1, -0.05) is 23.7 Å². The molecule has 3 rings (SSSR count). The molecule has 0 spiro atoms. The Hall–Kier alpha value is -3.32. The van der Waals surface area contributed by atoms with Gasteiger partial charge in [-0.05, 0) is 48.7 Å². The molecule has 0 saturated carbocycles. The van der Waals surface area contributed by atoms with E-state index in [1.165, 1.54) is 25.2 Å². The summed E-state index contributed by atoms with van der Waals surface area (Å²) >= 11 is 6.14. The third-order valence-corrected chi connectivity index (χ3v) is 5.05. The number of rotatable bonds is 9. The van der Waals surface area contributed by atoms with Crippen molar-refractivity contribution in [1.82, 2.24) is 4.90 Å². The van der Waals surface area contributed by atoms with E-state index < -0.39 is 5.97 Å². The highest BCUT2D eigenvalue weighted by molar-refractivity contribution is 6.32. The molecule has 2 aromatic rings. The summed E-state index contributed by atoms with van der Waals surface area (Å²) in [6.45, 7) is 0.461. The Labute approximate surface area is 185 Å². The zero-order valence-electron chi connectivity index (χ0n) is 17.2. The van der Waals surface area contributed by atoms with Crippen LogP contribution < -0.4 is 9.47 Å². The molecule has 0 aliphatic carbocycles. The SMILES string of the molecule is COc1cc(/C=C/C(=O)OCCCCN2C(=O)c3ccccc3C2=O)cc(Cl)c1OC. The molecule has 1 aliphatic rings. The van der Waals surface area contributed by atoms with Gasteiger partial charge in [0.15, 0.2) is 11.5 Å². The Kier molecular flexibility index (Phi) is 7.31. The van der Waals surface area contributed by atoms with Crippen LogP contribution in [0.4, 0.5) is 0 Å². The molecule has 31 heavy (non-hydrogen) atoms. The Morgan fingerprint density at radius 3 is 2.32 bits per heavy atom. The van der Waals surface area contributed by atoms with Gasteiger partial charge in [-0.15, -0.1) is 0 Å². The van der Waals surface area contributed by atoms with E-state index in [4.69, 9.17) is 25.8 Å². The minimum absolute atomic E-state index is 0.180. The minimum atomic E-state index is -0.508. The summed E-state index contributed by atoms with van der Waals surface area (Å²) in [5.74, 6) is -0.201. The van der Waals surface area contributed by atoms with Gasteiger partial charge in [-0.3, -0.25) is 14.5 Å². The number of imide groups is 1. The third-order valence-electron chi connectivity index (χ3n) is 4.77. The summed E-state index contributed by atoms with van der Waals surface area (Å²) in [5.41, 5.74) is 1.52. The van der Waals surface area contributed by atoms with Gasteiger partial charge in [-0.2, -0.15) is 0 Å². The van der Waals surface area contributed by atoms with Gasteiger partial charge in [0.05, 0.1) is 37.0 Å². The summed E-state index contributed by atoms with van der Waals surface area (Å²) in [6, 6.07) is 10.1. The fourth-order valence-electron chi connectivity index (χ4n) is 3.23. The number of carbonyl (C=O) groups excluding carboxylic acids is 3. The highest BCUT2D eigenvalue weighted by Gasteiger charge is 2.34. The van der Waals surface area contributed by atoms with Crippen LogP contribution in [0.5, 0.6) is 11.5 Å². The Morgan fingerprint density at radius 2 is 1.71 bits per heavy atom. The number of halogens is 1. The van der Waals surface area contributed by atoms with Crippen LogP contribution in [0.25, 0.3) is 6.08 Å². The fourth-order valence-corrected chi connectivity index (χ4v) is 3.53. The molecule has 162 valence electrons. The summed E-state index contributed by atoms with van der Waals surface area (Å²) in [4.78, 5) is 37.8. The minimum Gasteiger partial charge on any atom is -0.493 e. The van der Waals surface area contributed by atoms with E-state index in [1.807, 2.05) is 0 Å². The van der Waals surface area contributed by atoms with Gasteiger partial charge in [0.2, 0.25) is 0 Å². The number of amides is 2. The number of carbonyl (C=O) groups is 3. The maximum absolute atomic E-state index is 12.3. The van der Waals surface area contributed by atoms with E-state index in [1.54, 1.807) is 42.5 Å². The molecule has 0 bridgehead atoms. The first-order valence-corrected chi connectivity index (χ1v) is 10.1. The van der Waals surface area contributed by atoms with Crippen LogP contribution in [0.3, 0.4) is 0 Å². The zero-order valence-corrected chi connectivity index (χ0v) is 18.0. The number of hydrogen-bond donors (Lipinski definition) is 0. The second-order valence-corrected chi connectivity index (χ2v) is 7.16. The number of ether oxygens (including phenoxy) is 3. The quantitative estimate of drug-likeness (QED) is 0.252. The molecule has 0 saturated heterocycles. The second-order valence-electron chi connectivity index (χ2n) is 6.75. The van der Waals surface area contributed by atoms with E-state index in [0.29, 0.717) is 46.1 Å². The maximum atomic E-state index is 12.3. The molecule has 0 aromatic heterocycles. The smallest absolute Gasteiger partial charge is 0.330 e. The fraction of sp³-hybridized carbons (Fsp3) is 0.261. The van der Waals surface area contributed by atoms with E-state index in [-0.39, 0.29) is 25.0 Å². The van der Waals surface area contributed by atoms with Crippen LogP contribution >= 0.6 is 11.6 Å². The van der Waals surface area contributed by atoms with Gasteiger partial charge in [0.1, 0.15) is 0 Å². The second kappa shape index (κ2) is 10.1. The molecule has 0 unspecified atom stereocenters. The summed E-state index contributed by atoms with van der Waals surface area (Å²) in [7, 11) is 2.99. The number of unbranched alkanes of at least 4 members (excludes halogenated alkanes) is 1. The highest BCUT2D eigenvalue weighted by atomic mass is 35.5. The maximum Gasteiger partial charge on any atom is 0.330 e. The van der Waals surface area contributed by atoms with Crippen molar-refractivity contribution in [2.75, 3.05) is 27.4 Å². The molecule has 0 fully saturated rings. The number of esters is 1.